The second-order valence-electron chi connectivity index (χ2n) is 8.03. The second kappa shape index (κ2) is 8.08. The maximum atomic E-state index is 13.5. The standard InChI is InChI=1S/C23H26F3N.ClH/c1-3-27-14-20-17-8-5-9-21(23(24,25)26)18(17)10-11-19(20)22(27)13-16-7-4-6-15(2)12-16;/h4-9,12,19-20,22H,3,10-11,13-14H2,1-2H3;1H/t19?,20-,22-;/m1./s1. The summed E-state index contributed by atoms with van der Waals surface area (Å²) in [4.78, 5) is 2.48. The summed E-state index contributed by atoms with van der Waals surface area (Å²) in [5, 5.41) is 0. The van der Waals surface area contributed by atoms with Crippen molar-refractivity contribution in [1.29, 1.82) is 0 Å². The van der Waals surface area contributed by atoms with E-state index in [1.165, 1.54) is 17.2 Å². The van der Waals surface area contributed by atoms with Gasteiger partial charge in [0.05, 0.1) is 5.56 Å². The van der Waals surface area contributed by atoms with E-state index in [1.54, 1.807) is 6.07 Å². The van der Waals surface area contributed by atoms with E-state index >= 15 is 0 Å². The van der Waals surface area contributed by atoms with Crippen LogP contribution < -0.4 is 0 Å². The molecule has 4 rings (SSSR count). The smallest absolute Gasteiger partial charge is 0.299 e. The molecule has 1 fully saturated rings. The highest BCUT2D eigenvalue weighted by atomic mass is 35.5. The maximum Gasteiger partial charge on any atom is 0.416 e. The Morgan fingerprint density at radius 3 is 2.54 bits per heavy atom. The summed E-state index contributed by atoms with van der Waals surface area (Å²) < 4.78 is 40.4. The van der Waals surface area contributed by atoms with Gasteiger partial charge in [0.25, 0.3) is 0 Å². The highest BCUT2D eigenvalue weighted by Gasteiger charge is 2.46. The normalized spacial score (nSPS) is 24.4. The van der Waals surface area contributed by atoms with Gasteiger partial charge in [-0.2, -0.15) is 13.2 Å². The molecule has 2 aromatic rings. The van der Waals surface area contributed by atoms with Crippen LogP contribution >= 0.6 is 12.4 Å². The van der Waals surface area contributed by atoms with Crippen molar-refractivity contribution in [3.05, 3.63) is 70.3 Å². The number of fused-ring (bicyclic) bond motifs is 3. The summed E-state index contributed by atoms with van der Waals surface area (Å²) in [7, 11) is 0. The van der Waals surface area contributed by atoms with Crippen LogP contribution in [0.5, 0.6) is 0 Å². The van der Waals surface area contributed by atoms with Gasteiger partial charge in [0.1, 0.15) is 0 Å². The first-order valence-corrected chi connectivity index (χ1v) is 9.87. The SMILES string of the molecule is CCN1C[C@@H]2c3cccc(C(F)(F)F)c3CCC2[C@H]1Cc1cccc(C)c1.Cl. The first-order valence-electron chi connectivity index (χ1n) is 9.87. The highest BCUT2D eigenvalue weighted by Crippen LogP contribution is 2.48. The van der Waals surface area contributed by atoms with Gasteiger partial charge in [-0.25, -0.2) is 0 Å². The number of aryl methyl sites for hydroxylation is 1. The lowest BCUT2D eigenvalue weighted by Gasteiger charge is -2.33. The van der Waals surface area contributed by atoms with E-state index < -0.39 is 11.7 Å². The van der Waals surface area contributed by atoms with Crippen LogP contribution in [0.25, 0.3) is 0 Å². The van der Waals surface area contributed by atoms with E-state index in [4.69, 9.17) is 0 Å². The van der Waals surface area contributed by atoms with Crippen molar-refractivity contribution >= 4 is 12.4 Å². The molecule has 28 heavy (non-hydrogen) atoms. The number of alkyl halides is 3. The van der Waals surface area contributed by atoms with Crippen molar-refractivity contribution in [2.45, 2.75) is 51.2 Å². The third-order valence-electron chi connectivity index (χ3n) is 6.49. The topological polar surface area (TPSA) is 3.24 Å². The highest BCUT2D eigenvalue weighted by molar-refractivity contribution is 5.85. The number of nitrogens with zero attached hydrogens (tertiary/aromatic N) is 1. The van der Waals surface area contributed by atoms with Crippen LogP contribution in [-0.4, -0.2) is 24.0 Å². The van der Waals surface area contributed by atoms with E-state index in [0.29, 0.717) is 23.9 Å². The molecule has 0 N–H and O–H groups in total. The van der Waals surface area contributed by atoms with E-state index in [0.717, 1.165) is 31.5 Å². The van der Waals surface area contributed by atoms with Gasteiger partial charge in [-0.3, -0.25) is 4.90 Å². The third-order valence-corrected chi connectivity index (χ3v) is 6.49. The minimum Gasteiger partial charge on any atom is -0.299 e. The maximum absolute atomic E-state index is 13.5. The van der Waals surface area contributed by atoms with E-state index in [2.05, 4.69) is 43.0 Å². The van der Waals surface area contributed by atoms with Gasteiger partial charge in [-0.05, 0) is 61.4 Å². The van der Waals surface area contributed by atoms with Crippen molar-refractivity contribution in [3.8, 4) is 0 Å². The summed E-state index contributed by atoms with van der Waals surface area (Å²) >= 11 is 0. The number of rotatable bonds is 3. The molecule has 1 nitrogen and oxygen atoms in total. The molecule has 0 aromatic heterocycles. The Hall–Kier alpha value is -1.52. The number of benzene rings is 2. The van der Waals surface area contributed by atoms with Crippen LogP contribution in [0, 0.1) is 12.8 Å². The minimum atomic E-state index is -4.26. The van der Waals surface area contributed by atoms with Gasteiger partial charge in [0, 0.05) is 18.5 Å². The Morgan fingerprint density at radius 1 is 1.11 bits per heavy atom. The van der Waals surface area contributed by atoms with E-state index in [-0.39, 0.29) is 18.3 Å². The van der Waals surface area contributed by atoms with Crippen molar-refractivity contribution in [3.63, 3.8) is 0 Å². The molecule has 0 spiro atoms. The van der Waals surface area contributed by atoms with Crippen molar-refractivity contribution in [2.75, 3.05) is 13.1 Å². The lowest BCUT2D eigenvalue weighted by atomic mass is 9.72. The second-order valence-corrected chi connectivity index (χ2v) is 8.03. The van der Waals surface area contributed by atoms with Crippen LogP contribution in [0.3, 0.4) is 0 Å². The first kappa shape index (κ1) is 21.2. The number of halogens is 4. The number of likely N-dealkylation sites (N-methyl/N-ethyl adjacent to an activating group) is 1. The molecule has 0 saturated carbocycles. The van der Waals surface area contributed by atoms with Crippen LogP contribution in [-0.2, 0) is 19.0 Å². The molecule has 2 aliphatic rings. The molecule has 5 heteroatoms. The minimum absolute atomic E-state index is 0. The molecule has 1 saturated heterocycles. The van der Waals surface area contributed by atoms with E-state index in [9.17, 15) is 13.2 Å². The molecule has 0 amide bonds. The molecule has 152 valence electrons. The van der Waals surface area contributed by atoms with Gasteiger partial charge < -0.3 is 0 Å². The Bertz CT molecular complexity index is 833. The van der Waals surface area contributed by atoms with Crippen molar-refractivity contribution in [2.24, 2.45) is 5.92 Å². The average molecular weight is 410 g/mol. The molecular formula is C23H27ClF3N. The van der Waals surface area contributed by atoms with Crippen LogP contribution in [0.1, 0.15) is 47.1 Å². The molecule has 1 aliphatic carbocycles. The zero-order valence-electron chi connectivity index (χ0n) is 16.3. The van der Waals surface area contributed by atoms with Gasteiger partial charge in [-0.1, -0.05) is 48.9 Å². The first-order chi connectivity index (χ1) is 12.9. The summed E-state index contributed by atoms with van der Waals surface area (Å²) in [6.07, 6.45) is -1.90. The van der Waals surface area contributed by atoms with Crippen LogP contribution in [0.2, 0.25) is 0 Å². The molecule has 2 aromatic carbocycles. The van der Waals surface area contributed by atoms with Gasteiger partial charge in [0.15, 0.2) is 0 Å². The predicted octanol–water partition coefficient (Wildman–Crippen LogP) is 6.03. The van der Waals surface area contributed by atoms with Gasteiger partial charge in [-0.15, -0.1) is 12.4 Å². The Morgan fingerprint density at radius 2 is 1.86 bits per heavy atom. The predicted molar refractivity (Wildman–Crippen MR) is 109 cm³/mol. The number of hydrogen-bond acceptors (Lipinski definition) is 1. The molecule has 1 unspecified atom stereocenters. The van der Waals surface area contributed by atoms with Gasteiger partial charge >= 0.3 is 6.18 Å². The zero-order valence-corrected chi connectivity index (χ0v) is 17.1. The number of hydrogen-bond donors (Lipinski definition) is 0. The fourth-order valence-electron chi connectivity index (χ4n) is 5.32. The molecule has 1 heterocycles. The molecule has 3 atom stereocenters. The van der Waals surface area contributed by atoms with Crippen LogP contribution in [0.15, 0.2) is 42.5 Å². The molecule has 1 aliphatic heterocycles. The molecular weight excluding hydrogens is 383 g/mol. The fraction of sp³-hybridized carbons (Fsp3) is 0.478. The monoisotopic (exact) mass is 409 g/mol. The zero-order chi connectivity index (χ0) is 19.2. The lowest BCUT2D eigenvalue weighted by molar-refractivity contribution is -0.138. The Kier molecular flexibility index (Phi) is 6.11. The van der Waals surface area contributed by atoms with Gasteiger partial charge in [0.2, 0.25) is 0 Å². The van der Waals surface area contributed by atoms with Crippen molar-refractivity contribution in [1.82, 2.24) is 4.90 Å². The quantitative estimate of drug-likeness (QED) is 0.598. The van der Waals surface area contributed by atoms with E-state index in [1.807, 2.05) is 6.07 Å². The molecule has 0 radical (unpaired) electrons. The van der Waals surface area contributed by atoms with Crippen molar-refractivity contribution < 1.29 is 13.2 Å². The fourth-order valence-corrected chi connectivity index (χ4v) is 5.32. The largest absolute Gasteiger partial charge is 0.416 e. The summed E-state index contributed by atoms with van der Waals surface area (Å²) in [6.45, 7) is 6.07. The number of likely N-dealkylation sites (tertiary alicyclic amines) is 1. The Balaban J connectivity index is 0.00000225. The Labute approximate surface area is 171 Å². The summed E-state index contributed by atoms with van der Waals surface area (Å²) in [5.74, 6) is 0.646. The summed E-state index contributed by atoms with van der Waals surface area (Å²) in [6, 6.07) is 13.8. The molecule has 0 bridgehead atoms. The van der Waals surface area contributed by atoms with Crippen LogP contribution in [0.4, 0.5) is 13.2 Å². The third kappa shape index (κ3) is 3.81. The summed E-state index contributed by atoms with van der Waals surface area (Å²) in [5.41, 5.74) is 3.64. The average Bonchev–Trinajstić information content (AvgIpc) is 2.98. The lowest BCUT2D eigenvalue weighted by Crippen LogP contribution is -2.35.